The second-order valence-corrected chi connectivity index (χ2v) is 16.4. The molecule has 0 spiro atoms. The number of ether oxygens (including phenoxy) is 2. The predicted molar refractivity (Wildman–Crippen MR) is 194 cm³/mol. The van der Waals surface area contributed by atoms with Gasteiger partial charge in [-0.25, -0.2) is 29.6 Å². The molecule has 5 aromatic rings. The monoisotopic (exact) mass is 751 g/mol. The molecule has 1 aromatic carbocycles. The third-order valence-electron chi connectivity index (χ3n) is 10.1. The molecule has 4 atom stereocenters. The zero-order valence-corrected chi connectivity index (χ0v) is 31.1. The van der Waals surface area contributed by atoms with Crippen molar-refractivity contribution in [1.29, 1.82) is 0 Å². The maximum absolute atomic E-state index is 13.6. The van der Waals surface area contributed by atoms with Gasteiger partial charge in [-0.3, -0.25) is 9.59 Å². The fourth-order valence-electron chi connectivity index (χ4n) is 7.27. The van der Waals surface area contributed by atoms with Crippen LogP contribution in [0.3, 0.4) is 0 Å². The second kappa shape index (κ2) is 13.4. The molecule has 0 N–H and O–H groups in total. The SMILES string of the molecule is CCOC(=O)[C@@]1(C)CCc2c(sc3ncnc(Cl)c23)C1.C[C@H]1[C@@H](c2ccccc2)OC(=O)N1C(=O)[C@@]1(C)CCc2c(sc3ncnc(Cl)c23)C1. The van der Waals surface area contributed by atoms with Crippen molar-refractivity contribution in [2.45, 2.75) is 78.4 Å². The van der Waals surface area contributed by atoms with Crippen molar-refractivity contribution in [3.05, 3.63) is 79.7 Å². The molecule has 0 saturated carbocycles. The van der Waals surface area contributed by atoms with Crippen molar-refractivity contribution in [2.75, 3.05) is 6.61 Å². The van der Waals surface area contributed by atoms with E-state index in [4.69, 9.17) is 32.7 Å². The number of carbonyl (C=O) groups excluding carboxylic acids is 3. The summed E-state index contributed by atoms with van der Waals surface area (Å²) in [6.07, 6.45) is 6.08. The first-order valence-corrected chi connectivity index (χ1v) is 18.9. The molecule has 2 aliphatic carbocycles. The van der Waals surface area contributed by atoms with E-state index in [9.17, 15) is 14.4 Å². The van der Waals surface area contributed by atoms with E-state index in [0.717, 1.165) is 49.3 Å². The molecule has 8 rings (SSSR count). The zero-order valence-electron chi connectivity index (χ0n) is 28.0. The summed E-state index contributed by atoms with van der Waals surface area (Å²) in [5.41, 5.74) is 2.10. The van der Waals surface area contributed by atoms with Gasteiger partial charge in [0.2, 0.25) is 5.91 Å². The molecule has 50 heavy (non-hydrogen) atoms. The minimum absolute atomic E-state index is 0.111. The molecule has 3 aliphatic rings. The lowest BCUT2D eigenvalue weighted by molar-refractivity contribution is -0.155. The summed E-state index contributed by atoms with van der Waals surface area (Å²) >= 11 is 15.6. The van der Waals surface area contributed by atoms with Gasteiger partial charge in [-0.2, -0.15) is 0 Å². The van der Waals surface area contributed by atoms with Gasteiger partial charge in [0.25, 0.3) is 0 Å². The fraction of sp³-hybridized carbons (Fsp3) is 0.417. The molecule has 0 radical (unpaired) electrons. The first-order valence-electron chi connectivity index (χ1n) is 16.5. The Kier molecular flexibility index (Phi) is 9.34. The van der Waals surface area contributed by atoms with Crippen molar-refractivity contribution in [3.63, 3.8) is 0 Å². The Labute approximate surface area is 307 Å². The van der Waals surface area contributed by atoms with Crippen LogP contribution in [0.25, 0.3) is 20.4 Å². The second-order valence-electron chi connectivity index (χ2n) is 13.5. The Balaban J connectivity index is 0.000000170. The van der Waals surface area contributed by atoms with E-state index >= 15 is 0 Å². The van der Waals surface area contributed by atoms with Crippen LogP contribution >= 0.6 is 45.9 Å². The average molecular weight is 753 g/mol. The van der Waals surface area contributed by atoms with E-state index in [-0.39, 0.29) is 17.9 Å². The predicted octanol–water partition coefficient (Wildman–Crippen LogP) is 8.35. The lowest BCUT2D eigenvalue weighted by atomic mass is 9.74. The zero-order chi connectivity index (χ0) is 35.4. The number of amides is 2. The topological polar surface area (TPSA) is 124 Å². The molecule has 260 valence electrons. The van der Waals surface area contributed by atoms with E-state index in [1.54, 1.807) is 22.7 Å². The molecule has 1 saturated heterocycles. The quantitative estimate of drug-likeness (QED) is 0.132. The number of benzene rings is 1. The highest BCUT2D eigenvalue weighted by Gasteiger charge is 2.50. The van der Waals surface area contributed by atoms with Gasteiger partial charge in [-0.05, 0) is 76.0 Å². The Bertz CT molecular complexity index is 2140. The van der Waals surface area contributed by atoms with Crippen LogP contribution in [-0.4, -0.2) is 55.5 Å². The fourth-order valence-corrected chi connectivity index (χ4v) is 10.6. The van der Waals surface area contributed by atoms with Crippen LogP contribution in [0.15, 0.2) is 43.0 Å². The number of aryl methyl sites for hydroxylation is 2. The third kappa shape index (κ3) is 6.03. The van der Waals surface area contributed by atoms with Crippen LogP contribution in [0, 0.1) is 10.8 Å². The summed E-state index contributed by atoms with van der Waals surface area (Å²) in [6.45, 7) is 8.04. The smallest absolute Gasteiger partial charge is 0.417 e. The molecule has 0 unspecified atom stereocenters. The van der Waals surface area contributed by atoms with Crippen molar-refractivity contribution in [2.24, 2.45) is 10.8 Å². The van der Waals surface area contributed by atoms with Crippen molar-refractivity contribution < 1.29 is 23.9 Å². The Morgan fingerprint density at radius 3 is 2.00 bits per heavy atom. The minimum Gasteiger partial charge on any atom is -0.466 e. The number of thiophene rings is 2. The van der Waals surface area contributed by atoms with Crippen molar-refractivity contribution in [3.8, 4) is 0 Å². The third-order valence-corrected chi connectivity index (χ3v) is 13.0. The first kappa shape index (κ1) is 34.7. The minimum atomic E-state index is -0.688. The number of fused-ring (bicyclic) bond motifs is 6. The van der Waals surface area contributed by atoms with Crippen LogP contribution in [0.4, 0.5) is 4.79 Å². The summed E-state index contributed by atoms with van der Waals surface area (Å²) in [7, 11) is 0. The number of esters is 1. The van der Waals surface area contributed by atoms with E-state index in [2.05, 4.69) is 19.9 Å². The maximum atomic E-state index is 13.6. The van der Waals surface area contributed by atoms with Crippen LogP contribution < -0.4 is 0 Å². The van der Waals surface area contributed by atoms with E-state index < -0.39 is 23.0 Å². The number of halogens is 2. The number of nitrogens with zero attached hydrogens (tertiary/aromatic N) is 5. The molecule has 5 heterocycles. The highest BCUT2D eigenvalue weighted by atomic mass is 35.5. The number of hydrogen-bond acceptors (Lipinski definition) is 11. The highest BCUT2D eigenvalue weighted by Crippen LogP contribution is 2.47. The summed E-state index contributed by atoms with van der Waals surface area (Å²) in [5.74, 6) is -0.293. The Hall–Kier alpha value is -3.71. The number of carbonyl (C=O) groups is 3. The molecule has 0 bridgehead atoms. The number of rotatable bonds is 4. The Morgan fingerprint density at radius 2 is 1.44 bits per heavy atom. The maximum Gasteiger partial charge on any atom is 0.417 e. The van der Waals surface area contributed by atoms with Gasteiger partial charge in [-0.15, -0.1) is 22.7 Å². The summed E-state index contributed by atoms with van der Waals surface area (Å²) in [6, 6.07) is 9.18. The van der Waals surface area contributed by atoms with E-state index in [1.165, 1.54) is 28.0 Å². The average Bonchev–Trinajstić information content (AvgIpc) is 3.75. The van der Waals surface area contributed by atoms with E-state index in [0.29, 0.717) is 42.6 Å². The lowest BCUT2D eigenvalue weighted by Gasteiger charge is -2.35. The summed E-state index contributed by atoms with van der Waals surface area (Å²) in [4.78, 5) is 60.5. The van der Waals surface area contributed by atoms with Gasteiger partial charge in [0.15, 0.2) is 0 Å². The summed E-state index contributed by atoms with van der Waals surface area (Å²) in [5, 5.41) is 2.81. The van der Waals surface area contributed by atoms with E-state index in [1.807, 2.05) is 58.0 Å². The largest absolute Gasteiger partial charge is 0.466 e. The molecular formula is C36H35Cl2N5O5S2. The normalized spacial score (nSPS) is 24.3. The highest BCUT2D eigenvalue weighted by molar-refractivity contribution is 7.19. The van der Waals surface area contributed by atoms with Gasteiger partial charge >= 0.3 is 12.1 Å². The van der Waals surface area contributed by atoms with Gasteiger partial charge in [0.05, 0.1) is 34.3 Å². The number of cyclic esters (lactones) is 1. The molecule has 2 amide bonds. The van der Waals surface area contributed by atoms with Crippen molar-refractivity contribution >= 4 is 84.3 Å². The van der Waals surface area contributed by atoms with Crippen molar-refractivity contribution in [1.82, 2.24) is 24.8 Å². The first-order chi connectivity index (χ1) is 23.9. The van der Waals surface area contributed by atoms with Crippen LogP contribution in [0.5, 0.6) is 0 Å². The van der Waals surface area contributed by atoms with Gasteiger partial charge in [0.1, 0.15) is 38.7 Å². The molecule has 14 heteroatoms. The van der Waals surface area contributed by atoms with Crippen LogP contribution in [0.1, 0.15) is 73.1 Å². The molecule has 1 aliphatic heterocycles. The summed E-state index contributed by atoms with van der Waals surface area (Å²) < 4.78 is 10.8. The van der Waals surface area contributed by atoms with Gasteiger partial charge < -0.3 is 9.47 Å². The molecule has 4 aromatic heterocycles. The number of hydrogen-bond donors (Lipinski definition) is 0. The molecular weight excluding hydrogens is 717 g/mol. The van der Waals surface area contributed by atoms with Crippen LogP contribution in [-0.2, 0) is 44.7 Å². The number of aromatic nitrogens is 4. The molecule has 1 fully saturated rings. The van der Waals surface area contributed by atoms with Gasteiger partial charge in [0, 0.05) is 9.75 Å². The molecule has 10 nitrogen and oxygen atoms in total. The standard InChI is InChI=1S/C22H20ClN3O3S.C14H15ClN2O2S/c1-12-17(13-6-4-3-5-7-13)29-21(28)26(12)20(27)22(2)9-8-14-15(10-22)30-19-16(14)18(23)24-11-25-19;1-3-19-13(18)14(2)5-4-8-9(6-14)20-12-10(8)11(15)16-7-17-12/h3-7,11-12,17H,8-10H2,1-2H3;7H,3-6H2,1-2H3/t12-,17-,22-;14-/m00/s1. The van der Waals surface area contributed by atoms with Crippen LogP contribution in [0.2, 0.25) is 10.3 Å². The van der Waals surface area contributed by atoms with Gasteiger partial charge in [-0.1, -0.05) is 60.5 Å². The Morgan fingerprint density at radius 1 is 0.900 bits per heavy atom. The lowest BCUT2D eigenvalue weighted by Crippen LogP contribution is -2.48. The number of imide groups is 1.